The summed E-state index contributed by atoms with van der Waals surface area (Å²) in [5, 5.41) is 0.756. The molecule has 0 aromatic heterocycles. The molecule has 4 heteroatoms. The van der Waals surface area contributed by atoms with E-state index >= 15 is 0 Å². The quantitative estimate of drug-likeness (QED) is 0.895. The predicted octanol–water partition coefficient (Wildman–Crippen LogP) is 2.04. The second kappa shape index (κ2) is 5.52. The van der Waals surface area contributed by atoms with Crippen LogP contribution in [0.1, 0.15) is 18.4 Å². The lowest BCUT2D eigenvalue weighted by molar-refractivity contribution is -0.123. The van der Waals surface area contributed by atoms with E-state index in [2.05, 4.69) is 11.0 Å². The van der Waals surface area contributed by atoms with Gasteiger partial charge in [-0.15, -0.1) is 0 Å². The number of halogens is 1. The zero-order chi connectivity index (χ0) is 12.3. The van der Waals surface area contributed by atoms with Gasteiger partial charge in [-0.3, -0.25) is 9.69 Å². The maximum atomic E-state index is 11.2. The summed E-state index contributed by atoms with van der Waals surface area (Å²) in [5.74, 6) is -0.177. The monoisotopic (exact) mass is 252 g/mol. The minimum atomic E-state index is -0.180. The Kier molecular flexibility index (Phi) is 4.02. The van der Waals surface area contributed by atoms with Gasteiger partial charge in [-0.1, -0.05) is 23.7 Å². The van der Waals surface area contributed by atoms with Gasteiger partial charge in [0.1, 0.15) is 0 Å². The van der Waals surface area contributed by atoms with Gasteiger partial charge in [0, 0.05) is 18.1 Å². The summed E-state index contributed by atoms with van der Waals surface area (Å²) in [4.78, 5) is 13.4. The summed E-state index contributed by atoms with van der Waals surface area (Å²) in [5.41, 5.74) is 6.54. The van der Waals surface area contributed by atoms with Crippen LogP contribution in [0.5, 0.6) is 0 Å². The number of primary amides is 1. The van der Waals surface area contributed by atoms with E-state index in [9.17, 15) is 4.79 Å². The first-order valence-corrected chi connectivity index (χ1v) is 6.29. The first-order chi connectivity index (χ1) is 8.15. The van der Waals surface area contributed by atoms with Crippen LogP contribution in [0.25, 0.3) is 0 Å². The third-order valence-corrected chi connectivity index (χ3v) is 3.44. The third kappa shape index (κ3) is 3.45. The number of carbonyl (C=O) groups excluding carboxylic acids is 1. The molecule has 0 unspecified atom stereocenters. The number of hydrogen-bond donors (Lipinski definition) is 1. The SMILES string of the molecule is NC(=O)[C@H]1CCCN(Cc2cccc(Cl)c2)C1. The average molecular weight is 253 g/mol. The largest absolute Gasteiger partial charge is 0.369 e. The molecule has 2 N–H and O–H groups in total. The Labute approximate surface area is 107 Å². The molecule has 0 bridgehead atoms. The lowest BCUT2D eigenvalue weighted by Gasteiger charge is -2.31. The lowest BCUT2D eigenvalue weighted by atomic mass is 9.97. The number of hydrogen-bond acceptors (Lipinski definition) is 2. The number of rotatable bonds is 3. The molecule has 1 aromatic carbocycles. The highest BCUT2D eigenvalue weighted by molar-refractivity contribution is 6.30. The van der Waals surface area contributed by atoms with Crippen molar-refractivity contribution in [1.82, 2.24) is 4.90 Å². The molecule has 0 aliphatic carbocycles. The summed E-state index contributed by atoms with van der Waals surface area (Å²) in [6.07, 6.45) is 1.95. The Hall–Kier alpha value is -1.06. The average Bonchev–Trinajstić information content (AvgIpc) is 2.29. The number of piperidine rings is 1. The first-order valence-electron chi connectivity index (χ1n) is 5.91. The van der Waals surface area contributed by atoms with Crippen LogP contribution >= 0.6 is 11.6 Å². The van der Waals surface area contributed by atoms with Crippen LogP contribution in [0.15, 0.2) is 24.3 Å². The van der Waals surface area contributed by atoms with E-state index in [0.29, 0.717) is 0 Å². The fourth-order valence-corrected chi connectivity index (χ4v) is 2.54. The molecule has 1 amide bonds. The van der Waals surface area contributed by atoms with E-state index < -0.39 is 0 Å². The van der Waals surface area contributed by atoms with Crippen molar-refractivity contribution in [3.8, 4) is 0 Å². The topological polar surface area (TPSA) is 46.3 Å². The molecule has 1 atom stereocenters. The van der Waals surface area contributed by atoms with Gasteiger partial charge in [0.15, 0.2) is 0 Å². The van der Waals surface area contributed by atoms with Gasteiger partial charge >= 0.3 is 0 Å². The van der Waals surface area contributed by atoms with Crippen LogP contribution in [-0.2, 0) is 11.3 Å². The molecule has 1 heterocycles. The van der Waals surface area contributed by atoms with Crippen molar-refractivity contribution >= 4 is 17.5 Å². The van der Waals surface area contributed by atoms with Crippen molar-refractivity contribution in [2.75, 3.05) is 13.1 Å². The molecule has 2 rings (SSSR count). The molecular weight excluding hydrogens is 236 g/mol. The molecule has 1 aromatic rings. The van der Waals surface area contributed by atoms with Crippen LogP contribution in [0.4, 0.5) is 0 Å². The first kappa shape index (κ1) is 12.4. The van der Waals surface area contributed by atoms with Crippen LogP contribution in [0.3, 0.4) is 0 Å². The number of amides is 1. The summed E-state index contributed by atoms with van der Waals surface area (Å²) < 4.78 is 0. The smallest absolute Gasteiger partial charge is 0.221 e. The molecule has 1 saturated heterocycles. The highest BCUT2D eigenvalue weighted by atomic mass is 35.5. The van der Waals surface area contributed by atoms with Crippen molar-refractivity contribution in [3.05, 3.63) is 34.9 Å². The molecular formula is C13H17ClN2O. The van der Waals surface area contributed by atoms with Crippen molar-refractivity contribution < 1.29 is 4.79 Å². The summed E-state index contributed by atoms with van der Waals surface area (Å²) in [6.45, 7) is 2.63. The highest BCUT2D eigenvalue weighted by Gasteiger charge is 2.23. The Morgan fingerprint density at radius 2 is 2.35 bits per heavy atom. The van der Waals surface area contributed by atoms with Crippen LogP contribution in [0.2, 0.25) is 5.02 Å². The summed E-state index contributed by atoms with van der Waals surface area (Å²) in [6, 6.07) is 7.84. The van der Waals surface area contributed by atoms with Crippen molar-refractivity contribution in [3.63, 3.8) is 0 Å². The van der Waals surface area contributed by atoms with Gasteiger partial charge in [-0.05, 0) is 37.1 Å². The lowest BCUT2D eigenvalue weighted by Crippen LogP contribution is -2.40. The number of nitrogens with two attached hydrogens (primary N) is 1. The van der Waals surface area contributed by atoms with Gasteiger partial charge in [-0.2, -0.15) is 0 Å². The molecule has 0 spiro atoms. The minimum absolute atomic E-state index is 0.00272. The Morgan fingerprint density at radius 1 is 1.53 bits per heavy atom. The predicted molar refractivity (Wildman–Crippen MR) is 68.6 cm³/mol. The summed E-state index contributed by atoms with van der Waals surface area (Å²) in [7, 11) is 0. The molecule has 0 radical (unpaired) electrons. The van der Waals surface area contributed by atoms with E-state index in [1.807, 2.05) is 18.2 Å². The van der Waals surface area contributed by atoms with Crippen LogP contribution in [0, 0.1) is 5.92 Å². The maximum absolute atomic E-state index is 11.2. The molecule has 0 saturated carbocycles. The minimum Gasteiger partial charge on any atom is -0.369 e. The second-order valence-electron chi connectivity index (χ2n) is 4.61. The summed E-state index contributed by atoms with van der Waals surface area (Å²) >= 11 is 5.95. The van der Waals surface area contributed by atoms with E-state index in [1.165, 1.54) is 5.56 Å². The Bertz CT molecular complexity index is 408. The highest BCUT2D eigenvalue weighted by Crippen LogP contribution is 2.19. The number of nitrogens with zero attached hydrogens (tertiary/aromatic N) is 1. The van der Waals surface area contributed by atoms with E-state index in [0.717, 1.165) is 37.5 Å². The van der Waals surface area contributed by atoms with Gasteiger partial charge in [-0.25, -0.2) is 0 Å². The zero-order valence-corrected chi connectivity index (χ0v) is 10.5. The molecule has 3 nitrogen and oxygen atoms in total. The standard InChI is InChI=1S/C13H17ClN2O/c14-12-5-1-3-10(7-12)8-16-6-2-4-11(9-16)13(15)17/h1,3,5,7,11H,2,4,6,8-9H2,(H2,15,17)/t11-/m0/s1. The van der Waals surface area contributed by atoms with E-state index in [-0.39, 0.29) is 11.8 Å². The fourth-order valence-electron chi connectivity index (χ4n) is 2.32. The van der Waals surface area contributed by atoms with Crippen LogP contribution in [-0.4, -0.2) is 23.9 Å². The number of carbonyl (C=O) groups is 1. The molecule has 1 aliphatic rings. The fraction of sp³-hybridized carbons (Fsp3) is 0.462. The second-order valence-corrected chi connectivity index (χ2v) is 5.04. The van der Waals surface area contributed by atoms with Crippen molar-refractivity contribution in [2.24, 2.45) is 11.7 Å². The zero-order valence-electron chi connectivity index (χ0n) is 9.73. The van der Waals surface area contributed by atoms with Crippen molar-refractivity contribution in [2.45, 2.75) is 19.4 Å². The van der Waals surface area contributed by atoms with Gasteiger partial charge < -0.3 is 5.73 Å². The third-order valence-electron chi connectivity index (χ3n) is 3.20. The van der Waals surface area contributed by atoms with Crippen LogP contribution < -0.4 is 5.73 Å². The molecule has 1 aliphatic heterocycles. The number of benzene rings is 1. The normalized spacial score (nSPS) is 21.4. The van der Waals surface area contributed by atoms with Gasteiger partial charge in [0.25, 0.3) is 0 Å². The van der Waals surface area contributed by atoms with Gasteiger partial charge in [0.05, 0.1) is 5.92 Å². The number of likely N-dealkylation sites (tertiary alicyclic amines) is 1. The Morgan fingerprint density at radius 3 is 3.06 bits per heavy atom. The molecule has 17 heavy (non-hydrogen) atoms. The van der Waals surface area contributed by atoms with E-state index in [1.54, 1.807) is 0 Å². The van der Waals surface area contributed by atoms with Gasteiger partial charge in [0.2, 0.25) is 5.91 Å². The molecule has 92 valence electrons. The Balaban J connectivity index is 1.97. The molecule has 1 fully saturated rings. The van der Waals surface area contributed by atoms with Crippen molar-refractivity contribution in [1.29, 1.82) is 0 Å². The van der Waals surface area contributed by atoms with E-state index in [4.69, 9.17) is 17.3 Å². The maximum Gasteiger partial charge on any atom is 0.221 e.